The first kappa shape index (κ1) is 11.3. The standard InChI is InChI=1S/C7H9ClF3N3/c1-2-14-5(3-7(9,10)11)12-13-6(14)4-8/h2-4H2,1H3. The van der Waals surface area contributed by atoms with E-state index in [1.807, 2.05) is 0 Å². The Hall–Kier alpha value is -0.780. The Labute approximate surface area is 83.9 Å². The zero-order valence-corrected chi connectivity index (χ0v) is 8.23. The molecule has 14 heavy (non-hydrogen) atoms. The molecule has 0 fully saturated rings. The smallest absolute Gasteiger partial charge is 0.314 e. The molecule has 0 aliphatic rings. The summed E-state index contributed by atoms with van der Waals surface area (Å²) in [5.41, 5.74) is 0. The summed E-state index contributed by atoms with van der Waals surface area (Å²) in [7, 11) is 0. The Morgan fingerprint density at radius 1 is 1.29 bits per heavy atom. The fraction of sp³-hybridized carbons (Fsp3) is 0.714. The Morgan fingerprint density at radius 3 is 2.29 bits per heavy atom. The van der Waals surface area contributed by atoms with Crippen LogP contribution in [0.4, 0.5) is 13.2 Å². The van der Waals surface area contributed by atoms with Gasteiger partial charge in [-0.2, -0.15) is 13.2 Å². The summed E-state index contributed by atoms with van der Waals surface area (Å²) in [5, 5.41) is 7.02. The maximum absolute atomic E-state index is 12.1. The van der Waals surface area contributed by atoms with Gasteiger partial charge in [0.2, 0.25) is 0 Å². The van der Waals surface area contributed by atoms with Crippen LogP contribution in [0, 0.1) is 0 Å². The van der Waals surface area contributed by atoms with Gasteiger partial charge in [-0.15, -0.1) is 21.8 Å². The summed E-state index contributed by atoms with van der Waals surface area (Å²) in [6.45, 7) is 2.11. The van der Waals surface area contributed by atoms with E-state index in [9.17, 15) is 13.2 Å². The zero-order valence-electron chi connectivity index (χ0n) is 7.47. The third-order valence-electron chi connectivity index (χ3n) is 1.70. The fourth-order valence-corrected chi connectivity index (χ4v) is 1.34. The van der Waals surface area contributed by atoms with Crippen molar-refractivity contribution in [1.82, 2.24) is 14.8 Å². The van der Waals surface area contributed by atoms with Gasteiger partial charge in [-0.1, -0.05) is 0 Å². The van der Waals surface area contributed by atoms with Crippen molar-refractivity contribution >= 4 is 11.6 Å². The molecule has 1 heterocycles. The summed E-state index contributed by atoms with van der Waals surface area (Å²) >= 11 is 5.49. The Morgan fingerprint density at radius 2 is 1.86 bits per heavy atom. The molecule has 0 aliphatic heterocycles. The summed E-state index contributed by atoms with van der Waals surface area (Å²) in [6, 6.07) is 0. The highest BCUT2D eigenvalue weighted by Crippen LogP contribution is 2.20. The van der Waals surface area contributed by atoms with Crippen LogP contribution in [0.2, 0.25) is 0 Å². The molecule has 1 aromatic heterocycles. The molecule has 0 atom stereocenters. The Balaban J connectivity index is 2.92. The van der Waals surface area contributed by atoms with Crippen molar-refractivity contribution in [3.8, 4) is 0 Å². The van der Waals surface area contributed by atoms with Crippen LogP contribution in [-0.2, 0) is 18.8 Å². The van der Waals surface area contributed by atoms with Crippen molar-refractivity contribution in [3.05, 3.63) is 11.6 Å². The average Bonchev–Trinajstić information content (AvgIpc) is 2.43. The van der Waals surface area contributed by atoms with E-state index in [-0.39, 0.29) is 11.7 Å². The number of halogens is 4. The molecule has 0 aliphatic carbocycles. The quantitative estimate of drug-likeness (QED) is 0.741. The highest BCUT2D eigenvalue weighted by molar-refractivity contribution is 6.16. The van der Waals surface area contributed by atoms with E-state index in [1.165, 1.54) is 4.57 Å². The highest BCUT2D eigenvalue weighted by atomic mass is 35.5. The monoisotopic (exact) mass is 227 g/mol. The van der Waals surface area contributed by atoms with Crippen molar-refractivity contribution in [3.63, 3.8) is 0 Å². The second kappa shape index (κ2) is 4.16. The summed E-state index contributed by atoms with van der Waals surface area (Å²) in [4.78, 5) is 0. The molecule has 0 radical (unpaired) electrons. The van der Waals surface area contributed by atoms with Gasteiger partial charge in [0.1, 0.15) is 18.1 Å². The van der Waals surface area contributed by atoms with E-state index in [0.717, 1.165) is 0 Å². The molecule has 0 unspecified atom stereocenters. The molecule has 0 amide bonds. The molecule has 7 heteroatoms. The number of hydrogen-bond acceptors (Lipinski definition) is 2. The number of aromatic nitrogens is 3. The first-order valence-electron chi connectivity index (χ1n) is 4.01. The minimum absolute atomic E-state index is 0.0682. The number of hydrogen-bond donors (Lipinski definition) is 0. The number of alkyl halides is 4. The van der Waals surface area contributed by atoms with Crippen LogP contribution in [0.3, 0.4) is 0 Å². The first-order chi connectivity index (χ1) is 6.48. The summed E-state index contributed by atoms with van der Waals surface area (Å²) in [5.74, 6) is 0.350. The molecule has 0 saturated heterocycles. The Bertz CT molecular complexity index is 308. The van der Waals surface area contributed by atoms with Gasteiger partial charge < -0.3 is 4.57 Å². The van der Waals surface area contributed by atoms with Crippen LogP contribution in [0.25, 0.3) is 0 Å². The maximum atomic E-state index is 12.1. The van der Waals surface area contributed by atoms with Crippen molar-refractivity contribution in [2.45, 2.75) is 31.9 Å². The molecule has 0 aromatic carbocycles. The van der Waals surface area contributed by atoms with E-state index in [2.05, 4.69) is 10.2 Å². The summed E-state index contributed by atoms with van der Waals surface area (Å²) in [6.07, 6.45) is -5.33. The number of nitrogens with zero attached hydrogens (tertiary/aromatic N) is 3. The lowest BCUT2D eigenvalue weighted by atomic mass is 10.4. The SMILES string of the molecule is CCn1c(CCl)nnc1CC(F)(F)F. The Kier molecular flexibility index (Phi) is 3.36. The van der Waals surface area contributed by atoms with Gasteiger partial charge in [-0.05, 0) is 6.92 Å². The third-order valence-corrected chi connectivity index (χ3v) is 1.94. The topological polar surface area (TPSA) is 30.7 Å². The van der Waals surface area contributed by atoms with E-state index in [4.69, 9.17) is 11.6 Å². The third kappa shape index (κ3) is 2.60. The second-order valence-corrected chi connectivity index (χ2v) is 2.97. The van der Waals surface area contributed by atoms with Gasteiger partial charge in [0, 0.05) is 6.54 Å². The highest BCUT2D eigenvalue weighted by Gasteiger charge is 2.31. The largest absolute Gasteiger partial charge is 0.396 e. The van der Waals surface area contributed by atoms with Crippen LogP contribution < -0.4 is 0 Å². The molecule has 0 spiro atoms. The van der Waals surface area contributed by atoms with Crippen molar-refractivity contribution in [2.75, 3.05) is 0 Å². The molecule has 3 nitrogen and oxygen atoms in total. The van der Waals surface area contributed by atoms with E-state index >= 15 is 0 Å². The van der Waals surface area contributed by atoms with Crippen LogP contribution in [0.1, 0.15) is 18.6 Å². The van der Waals surface area contributed by atoms with E-state index in [1.54, 1.807) is 6.92 Å². The molecular formula is C7H9ClF3N3. The van der Waals surface area contributed by atoms with Crippen molar-refractivity contribution in [1.29, 1.82) is 0 Å². The van der Waals surface area contributed by atoms with Gasteiger partial charge >= 0.3 is 6.18 Å². The molecule has 0 bridgehead atoms. The zero-order chi connectivity index (χ0) is 10.8. The molecule has 1 rings (SSSR count). The van der Waals surface area contributed by atoms with Crippen LogP contribution in [-0.4, -0.2) is 20.9 Å². The molecule has 1 aromatic rings. The normalized spacial score (nSPS) is 12.1. The van der Waals surface area contributed by atoms with Crippen LogP contribution in [0.15, 0.2) is 0 Å². The van der Waals surface area contributed by atoms with Crippen LogP contribution in [0.5, 0.6) is 0 Å². The van der Waals surface area contributed by atoms with Gasteiger partial charge in [-0.25, -0.2) is 0 Å². The maximum Gasteiger partial charge on any atom is 0.396 e. The minimum atomic E-state index is -4.26. The van der Waals surface area contributed by atoms with Crippen molar-refractivity contribution in [2.24, 2.45) is 0 Å². The lowest BCUT2D eigenvalue weighted by Gasteiger charge is -2.07. The van der Waals surface area contributed by atoms with E-state index < -0.39 is 12.6 Å². The minimum Gasteiger partial charge on any atom is -0.314 e. The van der Waals surface area contributed by atoms with E-state index in [0.29, 0.717) is 12.4 Å². The molecule has 80 valence electrons. The van der Waals surface area contributed by atoms with Gasteiger partial charge in [0.15, 0.2) is 0 Å². The predicted octanol–water partition coefficient (Wildman–Crippen LogP) is 2.14. The lowest BCUT2D eigenvalue weighted by Crippen LogP contribution is -2.16. The first-order valence-corrected chi connectivity index (χ1v) is 4.55. The molecule has 0 N–H and O–H groups in total. The number of rotatable bonds is 3. The fourth-order valence-electron chi connectivity index (χ4n) is 1.15. The molecule has 0 saturated carbocycles. The van der Waals surface area contributed by atoms with Crippen molar-refractivity contribution < 1.29 is 13.2 Å². The lowest BCUT2D eigenvalue weighted by molar-refractivity contribution is -0.129. The van der Waals surface area contributed by atoms with Gasteiger partial charge in [0.25, 0.3) is 0 Å². The average molecular weight is 228 g/mol. The van der Waals surface area contributed by atoms with Crippen LogP contribution >= 0.6 is 11.6 Å². The summed E-state index contributed by atoms with van der Waals surface area (Å²) < 4.78 is 37.5. The predicted molar refractivity (Wildman–Crippen MR) is 45.0 cm³/mol. The van der Waals surface area contributed by atoms with Gasteiger partial charge in [0.05, 0.1) is 5.88 Å². The molecular weight excluding hydrogens is 219 g/mol. The van der Waals surface area contributed by atoms with Gasteiger partial charge in [-0.3, -0.25) is 0 Å². The second-order valence-electron chi connectivity index (χ2n) is 2.70.